The first kappa shape index (κ1) is 26.1. The zero-order valence-electron chi connectivity index (χ0n) is 13.1. The lowest BCUT2D eigenvalue weighted by molar-refractivity contribution is -0.463. The molecule has 0 saturated carbocycles. The molecule has 1 heterocycles. The summed E-state index contributed by atoms with van der Waals surface area (Å²) in [6.45, 7) is 0. The quantitative estimate of drug-likeness (QED) is 0.389. The van der Waals surface area contributed by atoms with Gasteiger partial charge in [-0.25, -0.2) is 0 Å². The fourth-order valence-corrected chi connectivity index (χ4v) is 1.78. The molecule has 30 heavy (non-hydrogen) atoms. The van der Waals surface area contributed by atoms with Crippen LogP contribution in [-0.4, -0.2) is 41.7 Å². The number of rotatable bonds is 7. The van der Waals surface area contributed by atoms with E-state index in [2.05, 4.69) is 4.42 Å². The SMILES string of the molecule is FC(F)(F)C(F)(F)C(F)(F)C(F)(F)C(F)(F)C(F)(F)C(F)(F)C(F)(F)c1ccco1. The number of hydrogen-bond acceptors (Lipinski definition) is 1. The molecule has 1 aromatic rings. The molecule has 0 aliphatic carbocycles. The molecule has 0 saturated heterocycles. The minimum atomic E-state index is -8.63. The second-order valence-electron chi connectivity index (χ2n) is 5.50. The van der Waals surface area contributed by atoms with Crippen LogP contribution >= 0.6 is 0 Å². The van der Waals surface area contributed by atoms with Crippen LogP contribution in [0.15, 0.2) is 22.8 Å². The zero-order chi connectivity index (χ0) is 24.4. The van der Waals surface area contributed by atoms with Gasteiger partial charge in [0.25, 0.3) is 0 Å². The molecule has 0 bridgehead atoms. The predicted molar refractivity (Wildman–Crippen MR) is 58.3 cm³/mol. The standard InChI is InChI=1S/C12H3F17O/c13-5(14,4-2-1-3-30-4)6(15,16)7(17,18)8(19,20)9(21,22)10(23,24)11(25,26)12(27,28)29/h1-3H. The summed E-state index contributed by atoms with van der Waals surface area (Å²) in [5, 5.41) is 0. The van der Waals surface area contributed by atoms with Gasteiger partial charge in [0, 0.05) is 0 Å². The molecule has 1 aromatic heterocycles. The summed E-state index contributed by atoms with van der Waals surface area (Å²) < 4.78 is 224. The summed E-state index contributed by atoms with van der Waals surface area (Å²) in [5.41, 5.74) is 0. The summed E-state index contributed by atoms with van der Waals surface area (Å²) in [4.78, 5) is 0. The van der Waals surface area contributed by atoms with Gasteiger partial charge in [-0.05, 0) is 12.1 Å². The largest absolute Gasteiger partial charge is 0.463 e. The summed E-state index contributed by atoms with van der Waals surface area (Å²) in [6.07, 6.45) is -7.70. The summed E-state index contributed by atoms with van der Waals surface area (Å²) in [6, 6.07) is 0.00886. The van der Waals surface area contributed by atoms with Crippen LogP contribution < -0.4 is 0 Å². The smallest absolute Gasteiger partial charge is 0.460 e. The maximum Gasteiger partial charge on any atom is 0.460 e. The molecule has 0 aromatic carbocycles. The molecule has 0 radical (unpaired) electrons. The predicted octanol–water partition coefficient (Wildman–Crippen LogP) is 6.75. The highest BCUT2D eigenvalue weighted by atomic mass is 19.4. The van der Waals surface area contributed by atoms with Crippen molar-refractivity contribution in [1.29, 1.82) is 0 Å². The van der Waals surface area contributed by atoms with Gasteiger partial charge in [0.2, 0.25) is 0 Å². The Morgan fingerprint density at radius 1 is 0.467 bits per heavy atom. The van der Waals surface area contributed by atoms with E-state index in [0.29, 0.717) is 0 Å². The van der Waals surface area contributed by atoms with Crippen molar-refractivity contribution in [3.63, 3.8) is 0 Å². The van der Waals surface area contributed by atoms with Crippen LogP contribution in [0.4, 0.5) is 74.6 Å². The van der Waals surface area contributed by atoms with Crippen LogP contribution in [0.1, 0.15) is 5.76 Å². The van der Waals surface area contributed by atoms with E-state index in [4.69, 9.17) is 0 Å². The van der Waals surface area contributed by atoms with E-state index < -0.39 is 53.4 Å². The van der Waals surface area contributed by atoms with Crippen LogP contribution in [0.5, 0.6) is 0 Å². The molecule has 0 N–H and O–H groups in total. The average molecular weight is 486 g/mol. The highest BCUT2D eigenvalue weighted by molar-refractivity contribution is 5.19. The van der Waals surface area contributed by atoms with E-state index in [1.54, 1.807) is 0 Å². The van der Waals surface area contributed by atoms with Crippen LogP contribution in [0.2, 0.25) is 0 Å². The van der Waals surface area contributed by atoms with Crippen molar-refractivity contribution >= 4 is 0 Å². The van der Waals surface area contributed by atoms with E-state index in [-0.39, 0.29) is 18.4 Å². The van der Waals surface area contributed by atoms with Gasteiger partial charge in [-0.1, -0.05) is 0 Å². The number of alkyl halides is 17. The topological polar surface area (TPSA) is 13.1 Å². The summed E-state index contributed by atoms with van der Waals surface area (Å²) in [7, 11) is 0. The molecule has 0 aliphatic rings. The van der Waals surface area contributed by atoms with Crippen LogP contribution in [-0.2, 0) is 5.92 Å². The lowest BCUT2D eigenvalue weighted by Crippen LogP contribution is -2.74. The first-order valence-corrected chi connectivity index (χ1v) is 6.61. The summed E-state index contributed by atoms with van der Waals surface area (Å²) >= 11 is 0. The van der Waals surface area contributed by atoms with Gasteiger partial charge in [-0.3, -0.25) is 0 Å². The minimum Gasteiger partial charge on any atom is -0.463 e. The van der Waals surface area contributed by atoms with E-state index in [1.807, 2.05) is 0 Å². The molecule has 0 fully saturated rings. The van der Waals surface area contributed by atoms with Crippen LogP contribution in [0.25, 0.3) is 0 Å². The van der Waals surface area contributed by atoms with Crippen molar-refractivity contribution in [2.45, 2.75) is 47.6 Å². The first-order valence-electron chi connectivity index (χ1n) is 6.61. The van der Waals surface area contributed by atoms with E-state index in [9.17, 15) is 74.6 Å². The van der Waals surface area contributed by atoms with Gasteiger partial charge in [0.1, 0.15) is 0 Å². The number of furan rings is 1. The van der Waals surface area contributed by atoms with Crippen molar-refractivity contribution in [3.05, 3.63) is 24.2 Å². The van der Waals surface area contributed by atoms with Crippen LogP contribution in [0.3, 0.4) is 0 Å². The van der Waals surface area contributed by atoms with E-state index in [1.165, 1.54) is 0 Å². The lowest BCUT2D eigenvalue weighted by atomic mass is 9.88. The number of hydrogen-bond donors (Lipinski definition) is 0. The fraction of sp³-hybridized carbons (Fsp3) is 0.667. The second kappa shape index (κ2) is 6.54. The third-order valence-electron chi connectivity index (χ3n) is 3.55. The minimum absolute atomic E-state index is 0.0717. The van der Waals surface area contributed by atoms with E-state index in [0.717, 1.165) is 0 Å². The van der Waals surface area contributed by atoms with Crippen molar-refractivity contribution in [2.75, 3.05) is 0 Å². The molecule has 0 unspecified atom stereocenters. The lowest BCUT2D eigenvalue weighted by Gasteiger charge is -2.42. The van der Waals surface area contributed by atoms with Gasteiger partial charge in [0.15, 0.2) is 5.76 Å². The van der Waals surface area contributed by atoms with E-state index >= 15 is 0 Å². The molecule has 0 atom stereocenters. The fourth-order valence-electron chi connectivity index (χ4n) is 1.78. The van der Waals surface area contributed by atoms with Gasteiger partial charge in [0.05, 0.1) is 6.26 Å². The Morgan fingerprint density at radius 2 is 0.800 bits per heavy atom. The molecular weight excluding hydrogens is 483 g/mol. The van der Waals surface area contributed by atoms with Gasteiger partial charge >= 0.3 is 47.6 Å². The maximum atomic E-state index is 13.5. The van der Waals surface area contributed by atoms with Crippen molar-refractivity contribution < 1.29 is 79.1 Å². The molecular formula is C12H3F17O. The third-order valence-corrected chi connectivity index (χ3v) is 3.55. The Hall–Kier alpha value is -1.91. The normalized spacial score (nSPS) is 16.2. The second-order valence-corrected chi connectivity index (χ2v) is 5.50. The Bertz CT molecular complexity index is 741. The molecule has 0 aliphatic heterocycles. The van der Waals surface area contributed by atoms with Gasteiger partial charge in [-0.2, -0.15) is 74.6 Å². The number of halogens is 17. The Morgan fingerprint density at radius 3 is 1.10 bits per heavy atom. The molecule has 18 heteroatoms. The Balaban J connectivity index is 3.67. The monoisotopic (exact) mass is 486 g/mol. The van der Waals surface area contributed by atoms with Crippen molar-refractivity contribution in [1.82, 2.24) is 0 Å². The highest BCUT2D eigenvalue weighted by Crippen LogP contribution is 2.64. The zero-order valence-corrected chi connectivity index (χ0v) is 13.1. The molecule has 176 valence electrons. The molecule has 1 rings (SSSR count). The molecule has 1 nitrogen and oxygen atoms in total. The molecule has 0 amide bonds. The van der Waals surface area contributed by atoms with Crippen LogP contribution in [0, 0.1) is 0 Å². The third kappa shape index (κ3) is 2.99. The first-order chi connectivity index (χ1) is 12.9. The summed E-state index contributed by atoms with van der Waals surface area (Å²) in [5.74, 6) is -59.2. The molecule has 0 spiro atoms. The average Bonchev–Trinajstić information content (AvgIpc) is 3.07. The van der Waals surface area contributed by atoms with Gasteiger partial charge < -0.3 is 4.42 Å². The van der Waals surface area contributed by atoms with Crippen molar-refractivity contribution in [3.8, 4) is 0 Å². The highest BCUT2D eigenvalue weighted by Gasteiger charge is 2.95. The van der Waals surface area contributed by atoms with Crippen molar-refractivity contribution in [2.24, 2.45) is 0 Å². The Kier molecular flexibility index (Phi) is 5.70. The van der Waals surface area contributed by atoms with Gasteiger partial charge in [-0.15, -0.1) is 0 Å². The Labute approximate surface area is 152 Å². The maximum absolute atomic E-state index is 13.5.